The standard InChI is InChI=1S/C14H6Cl2N2O4.2ClH/c15-9-5-11(19)17(13(9)21)7-2-1-3-8(4-7)18-12(20)6-10(16)14(18)22;;/h1-6H;2*1H. The molecular weight excluding hydrogens is 402 g/mol. The minimum absolute atomic E-state index is 0. The number of quaternary nitrogens is 2. The zero-order chi connectivity index (χ0) is 16.0. The maximum absolute atomic E-state index is 11.9. The lowest BCUT2D eigenvalue weighted by Crippen LogP contribution is -3.12. The first-order chi connectivity index (χ1) is 10.4. The van der Waals surface area contributed by atoms with E-state index in [0.717, 1.165) is 12.2 Å². The molecule has 2 heterocycles. The van der Waals surface area contributed by atoms with Crippen LogP contribution in [0.2, 0.25) is 0 Å². The van der Waals surface area contributed by atoms with Gasteiger partial charge in [-0.1, -0.05) is 29.3 Å². The molecule has 0 saturated carbocycles. The fourth-order valence-corrected chi connectivity index (χ4v) is 2.73. The number of halogens is 4. The van der Waals surface area contributed by atoms with Gasteiger partial charge in [0.2, 0.25) is 0 Å². The van der Waals surface area contributed by atoms with E-state index in [0.29, 0.717) is 11.4 Å². The van der Waals surface area contributed by atoms with Crippen molar-refractivity contribution in [2.45, 2.75) is 0 Å². The van der Waals surface area contributed by atoms with Crippen molar-refractivity contribution >= 4 is 58.2 Å². The zero-order valence-corrected chi connectivity index (χ0v) is 14.6. The van der Waals surface area contributed by atoms with E-state index in [2.05, 4.69) is 0 Å². The molecule has 2 N–H and O–H groups in total. The first-order valence-electron chi connectivity index (χ1n) is 6.17. The smallest absolute Gasteiger partial charge is 0.368 e. The number of benzene rings is 1. The topological polar surface area (TPSA) is 77.2 Å². The SMILES string of the molecule is O=C1C=C(Cl)C(=O)[NH+]1c1cccc([NH+]2C(=O)C=C(Cl)C2=O)c1.[Cl-].[Cl-]. The molecule has 3 rings (SSSR count). The van der Waals surface area contributed by atoms with Crippen LogP contribution in [0.25, 0.3) is 0 Å². The van der Waals surface area contributed by atoms with Gasteiger partial charge in [-0.3, -0.25) is 0 Å². The third-order valence-corrected chi connectivity index (χ3v) is 3.90. The molecule has 0 fully saturated rings. The van der Waals surface area contributed by atoms with Crippen LogP contribution >= 0.6 is 23.2 Å². The lowest BCUT2D eigenvalue weighted by molar-refractivity contribution is -0.660. The van der Waals surface area contributed by atoms with Crippen molar-refractivity contribution in [3.63, 3.8) is 0 Å². The molecule has 4 amide bonds. The molecule has 0 spiro atoms. The number of rotatable bonds is 2. The molecule has 6 nitrogen and oxygen atoms in total. The van der Waals surface area contributed by atoms with Crippen LogP contribution in [0.1, 0.15) is 0 Å². The van der Waals surface area contributed by atoms with E-state index in [4.69, 9.17) is 23.2 Å². The van der Waals surface area contributed by atoms with Crippen LogP contribution in [0.3, 0.4) is 0 Å². The number of imide groups is 2. The number of nitrogens with one attached hydrogen (secondary N) is 2. The van der Waals surface area contributed by atoms with E-state index in [1.807, 2.05) is 0 Å². The third-order valence-electron chi connectivity index (χ3n) is 3.34. The average Bonchev–Trinajstić information content (AvgIpc) is 2.86. The summed E-state index contributed by atoms with van der Waals surface area (Å²) in [5, 5.41) is -0.313. The average molecular weight is 410 g/mol. The first-order valence-corrected chi connectivity index (χ1v) is 6.93. The lowest BCUT2D eigenvalue weighted by atomic mass is 10.2. The number of hydrogen-bond donors (Lipinski definition) is 2. The van der Waals surface area contributed by atoms with Crippen molar-refractivity contribution in [2.75, 3.05) is 0 Å². The van der Waals surface area contributed by atoms with Gasteiger partial charge in [-0.15, -0.1) is 0 Å². The van der Waals surface area contributed by atoms with Crippen molar-refractivity contribution in [3.8, 4) is 0 Å². The van der Waals surface area contributed by atoms with E-state index in [1.54, 1.807) is 6.07 Å². The first kappa shape index (κ1) is 20.5. The Morgan fingerprint density at radius 2 is 1.08 bits per heavy atom. The second-order valence-corrected chi connectivity index (χ2v) is 5.52. The predicted molar refractivity (Wildman–Crippen MR) is 75.6 cm³/mol. The summed E-state index contributed by atoms with van der Waals surface area (Å²) in [6, 6.07) is 6.06. The molecule has 0 bridgehead atoms. The van der Waals surface area contributed by atoms with Gasteiger partial charge in [-0.25, -0.2) is 19.2 Å². The van der Waals surface area contributed by atoms with Crippen molar-refractivity contribution < 1.29 is 53.8 Å². The van der Waals surface area contributed by atoms with Crippen LogP contribution in [-0.2, 0) is 19.2 Å². The van der Waals surface area contributed by atoms with E-state index in [9.17, 15) is 19.2 Å². The molecular formula is C14H8Cl4N2O4. The predicted octanol–water partition coefficient (Wildman–Crippen LogP) is -6.89. The van der Waals surface area contributed by atoms with Gasteiger partial charge in [0, 0.05) is 12.1 Å². The van der Waals surface area contributed by atoms with Gasteiger partial charge in [0.25, 0.3) is 0 Å². The molecule has 0 radical (unpaired) electrons. The molecule has 126 valence electrons. The van der Waals surface area contributed by atoms with Crippen molar-refractivity contribution in [1.29, 1.82) is 0 Å². The Hall–Kier alpha value is -1.54. The Morgan fingerprint density at radius 3 is 1.38 bits per heavy atom. The highest BCUT2D eigenvalue weighted by Crippen LogP contribution is 2.14. The van der Waals surface area contributed by atoms with E-state index in [1.165, 1.54) is 18.2 Å². The Balaban J connectivity index is 0.00000144. The van der Waals surface area contributed by atoms with E-state index in [-0.39, 0.29) is 44.7 Å². The monoisotopic (exact) mass is 408 g/mol. The van der Waals surface area contributed by atoms with Gasteiger partial charge >= 0.3 is 23.6 Å². The van der Waals surface area contributed by atoms with Crippen molar-refractivity contribution in [1.82, 2.24) is 0 Å². The number of amides is 4. The Labute approximate surface area is 158 Å². The largest absolute Gasteiger partial charge is 1.00 e. The quantitative estimate of drug-likeness (QED) is 0.476. The molecule has 1 aromatic carbocycles. The third kappa shape index (κ3) is 3.30. The van der Waals surface area contributed by atoms with Gasteiger partial charge in [-0.2, -0.15) is 9.80 Å². The normalized spacial score (nSPS) is 22.8. The van der Waals surface area contributed by atoms with Crippen LogP contribution in [0, 0.1) is 0 Å². The van der Waals surface area contributed by atoms with Gasteiger partial charge < -0.3 is 24.8 Å². The number of carbonyl (C=O) groups is 4. The molecule has 1 aromatic rings. The van der Waals surface area contributed by atoms with Gasteiger partial charge in [0.05, 0.1) is 18.2 Å². The minimum Gasteiger partial charge on any atom is -1.00 e. The summed E-state index contributed by atoms with van der Waals surface area (Å²) in [6.45, 7) is 0. The van der Waals surface area contributed by atoms with Crippen molar-refractivity contribution in [3.05, 3.63) is 46.5 Å². The summed E-state index contributed by atoms with van der Waals surface area (Å²) in [5.74, 6) is -2.15. The molecule has 2 aliphatic heterocycles. The van der Waals surface area contributed by atoms with E-state index < -0.39 is 23.6 Å². The molecule has 0 aliphatic carbocycles. The highest BCUT2D eigenvalue weighted by molar-refractivity contribution is 6.44. The highest BCUT2D eigenvalue weighted by Gasteiger charge is 2.41. The molecule has 10 heteroatoms. The minimum atomic E-state index is -0.575. The van der Waals surface area contributed by atoms with Crippen LogP contribution in [-0.4, -0.2) is 23.6 Å². The Kier molecular flexibility index (Phi) is 6.46. The molecule has 0 saturated heterocycles. The van der Waals surface area contributed by atoms with Gasteiger partial charge in [0.1, 0.15) is 0 Å². The molecule has 24 heavy (non-hydrogen) atoms. The molecule has 2 aliphatic rings. The molecule has 2 unspecified atom stereocenters. The van der Waals surface area contributed by atoms with Gasteiger partial charge in [-0.05, 0) is 0 Å². The molecule has 2 atom stereocenters. The summed E-state index contributed by atoms with van der Waals surface area (Å²) >= 11 is 11.3. The summed E-state index contributed by atoms with van der Waals surface area (Å²) in [4.78, 5) is 47.3. The number of carbonyl (C=O) groups excluding carboxylic acids is 4. The Morgan fingerprint density at radius 1 is 0.708 bits per heavy atom. The van der Waals surface area contributed by atoms with Crippen LogP contribution in [0.4, 0.5) is 11.4 Å². The highest BCUT2D eigenvalue weighted by atomic mass is 35.5. The van der Waals surface area contributed by atoms with Crippen molar-refractivity contribution in [2.24, 2.45) is 0 Å². The Bertz CT molecular complexity index is 755. The fraction of sp³-hybridized carbons (Fsp3) is 0. The number of hydrogen-bond acceptors (Lipinski definition) is 4. The second-order valence-electron chi connectivity index (χ2n) is 4.70. The van der Waals surface area contributed by atoms with Crippen LogP contribution in [0.5, 0.6) is 0 Å². The van der Waals surface area contributed by atoms with Crippen LogP contribution < -0.4 is 34.6 Å². The zero-order valence-electron chi connectivity index (χ0n) is 11.6. The summed E-state index contributed by atoms with van der Waals surface area (Å²) in [6.07, 6.45) is 2.09. The second kappa shape index (κ2) is 7.57. The van der Waals surface area contributed by atoms with Gasteiger partial charge in [0.15, 0.2) is 21.4 Å². The summed E-state index contributed by atoms with van der Waals surface area (Å²) in [5.41, 5.74) is 0.603. The maximum atomic E-state index is 11.9. The molecule has 0 aromatic heterocycles. The lowest BCUT2D eigenvalue weighted by Gasteiger charge is -2.11. The fourth-order valence-electron chi connectivity index (χ4n) is 2.35. The maximum Gasteiger partial charge on any atom is 0.368 e. The summed E-state index contributed by atoms with van der Waals surface area (Å²) < 4.78 is 0. The summed E-state index contributed by atoms with van der Waals surface area (Å²) in [7, 11) is 0. The van der Waals surface area contributed by atoms with E-state index >= 15 is 0 Å². The van der Waals surface area contributed by atoms with Crippen LogP contribution in [0.15, 0.2) is 46.5 Å².